The van der Waals surface area contributed by atoms with Crippen LogP contribution in [-0.4, -0.2) is 11.7 Å². The lowest BCUT2D eigenvalue weighted by molar-refractivity contribution is 0.414. The smallest absolute Gasteiger partial charge is 0.135 e. The van der Waals surface area contributed by atoms with Gasteiger partial charge in [-0.2, -0.15) is 0 Å². The molecule has 8 rings (SSSR count). The van der Waals surface area contributed by atoms with Gasteiger partial charge in [0.05, 0.1) is 7.11 Å². The Morgan fingerprint density at radius 2 is 1.47 bits per heavy atom. The molecule has 1 aliphatic carbocycles. The Morgan fingerprint density at radius 1 is 0.711 bits per heavy atom. The van der Waals surface area contributed by atoms with Crippen LogP contribution < -0.4 is 4.74 Å². The molecule has 0 bridgehead atoms. The predicted octanol–water partition coefficient (Wildman–Crippen LogP) is 9.06. The summed E-state index contributed by atoms with van der Waals surface area (Å²) in [5, 5.41) is 5.02. The van der Waals surface area contributed by atoms with E-state index in [1.807, 2.05) is 18.2 Å². The lowest BCUT2D eigenvalue weighted by atomic mass is 9.80. The minimum absolute atomic E-state index is 0.160. The molecule has 3 nitrogen and oxygen atoms in total. The van der Waals surface area contributed by atoms with Gasteiger partial charge in [-0.3, -0.25) is 0 Å². The number of para-hydroxylation sites is 2. The van der Waals surface area contributed by atoms with Crippen molar-refractivity contribution in [1.82, 2.24) is 4.57 Å². The number of hydrogen-bond acceptors (Lipinski definition) is 2. The number of aromatic nitrogens is 1. The molecule has 0 aliphatic heterocycles. The van der Waals surface area contributed by atoms with Gasteiger partial charge in [-0.05, 0) is 70.3 Å². The van der Waals surface area contributed by atoms with Crippen molar-refractivity contribution in [3.05, 3.63) is 114 Å². The van der Waals surface area contributed by atoms with Crippen molar-refractivity contribution >= 4 is 43.7 Å². The fraction of sp³-hybridized carbons (Fsp3) is 0.143. The minimum Gasteiger partial charge on any atom is -0.497 e. The first-order chi connectivity index (χ1) is 18.5. The molecule has 0 radical (unpaired) electrons. The van der Waals surface area contributed by atoms with Gasteiger partial charge in [0.15, 0.2) is 0 Å². The molecule has 184 valence electrons. The van der Waals surface area contributed by atoms with Gasteiger partial charge in [0.1, 0.15) is 16.9 Å². The van der Waals surface area contributed by atoms with E-state index in [1.165, 1.54) is 60.4 Å². The lowest BCUT2D eigenvalue weighted by Crippen LogP contribution is -2.15. The standard InChI is InChI=1S/C35H27NO2/c1-35(2)28-19-32-27(23-8-5-7-11-31(23)38-32)18-26(28)24-16-17-30-33(34(24)35)25-9-4-6-10-29(25)36(30)20-21-12-14-22(37-3)15-13-21/h4-19H,20H2,1-3H3. The van der Waals surface area contributed by atoms with Gasteiger partial charge in [0.25, 0.3) is 0 Å². The number of rotatable bonds is 3. The highest BCUT2D eigenvalue weighted by molar-refractivity contribution is 6.15. The van der Waals surface area contributed by atoms with Crippen LogP contribution in [0.15, 0.2) is 101 Å². The monoisotopic (exact) mass is 493 g/mol. The highest BCUT2D eigenvalue weighted by Crippen LogP contribution is 2.54. The molecule has 0 unspecified atom stereocenters. The third kappa shape index (κ3) is 2.79. The van der Waals surface area contributed by atoms with E-state index >= 15 is 0 Å². The van der Waals surface area contributed by atoms with Crippen molar-refractivity contribution in [3.63, 3.8) is 0 Å². The molecule has 0 saturated heterocycles. The summed E-state index contributed by atoms with van der Waals surface area (Å²) in [7, 11) is 1.71. The third-order valence-electron chi connectivity index (χ3n) is 8.54. The molecular weight excluding hydrogens is 466 g/mol. The second-order valence-electron chi connectivity index (χ2n) is 11.0. The van der Waals surface area contributed by atoms with Crippen LogP contribution in [0, 0.1) is 0 Å². The maximum Gasteiger partial charge on any atom is 0.135 e. The van der Waals surface area contributed by atoms with E-state index in [2.05, 4.69) is 97.3 Å². The van der Waals surface area contributed by atoms with Gasteiger partial charge in [-0.1, -0.05) is 68.4 Å². The number of furan rings is 1. The molecule has 0 amide bonds. The Bertz CT molecular complexity index is 2050. The number of methoxy groups -OCH3 is 1. The fourth-order valence-corrected chi connectivity index (χ4v) is 6.74. The number of fused-ring (bicyclic) bond motifs is 10. The van der Waals surface area contributed by atoms with E-state index in [9.17, 15) is 0 Å². The topological polar surface area (TPSA) is 27.3 Å². The Balaban J connectivity index is 1.40. The zero-order valence-electron chi connectivity index (χ0n) is 21.7. The summed E-state index contributed by atoms with van der Waals surface area (Å²) >= 11 is 0. The van der Waals surface area contributed by atoms with Crippen LogP contribution in [0.1, 0.15) is 30.5 Å². The van der Waals surface area contributed by atoms with E-state index in [4.69, 9.17) is 9.15 Å². The summed E-state index contributed by atoms with van der Waals surface area (Å²) in [6, 6.07) is 34.9. The van der Waals surface area contributed by atoms with Gasteiger partial charge >= 0.3 is 0 Å². The van der Waals surface area contributed by atoms with E-state index in [0.29, 0.717) is 0 Å². The average molecular weight is 494 g/mol. The van der Waals surface area contributed by atoms with Gasteiger partial charge < -0.3 is 13.7 Å². The molecule has 0 atom stereocenters. The molecule has 2 heterocycles. The van der Waals surface area contributed by atoms with Crippen molar-refractivity contribution in [1.29, 1.82) is 0 Å². The average Bonchev–Trinajstić information content (AvgIpc) is 3.54. The number of benzene rings is 5. The Labute approximate surface area is 220 Å². The number of hydrogen-bond donors (Lipinski definition) is 0. The van der Waals surface area contributed by atoms with E-state index < -0.39 is 0 Å². The Morgan fingerprint density at radius 3 is 2.29 bits per heavy atom. The van der Waals surface area contributed by atoms with Crippen LogP contribution in [0.2, 0.25) is 0 Å². The molecular formula is C35H27NO2. The van der Waals surface area contributed by atoms with E-state index in [1.54, 1.807) is 7.11 Å². The minimum atomic E-state index is -0.160. The first-order valence-corrected chi connectivity index (χ1v) is 13.2. The number of ether oxygens (including phenoxy) is 1. The molecule has 38 heavy (non-hydrogen) atoms. The van der Waals surface area contributed by atoms with Crippen LogP contribution in [0.5, 0.6) is 5.75 Å². The molecule has 1 aliphatic rings. The second-order valence-corrected chi connectivity index (χ2v) is 11.0. The Hall–Kier alpha value is -4.50. The number of nitrogens with zero attached hydrogens (tertiary/aromatic N) is 1. The largest absolute Gasteiger partial charge is 0.497 e. The van der Waals surface area contributed by atoms with Crippen LogP contribution >= 0.6 is 0 Å². The summed E-state index contributed by atoms with van der Waals surface area (Å²) in [4.78, 5) is 0. The zero-order chi connectivity index (χ0) is 25.6. The summed E-state index contributed by atoms with van der Waals surface area (Å²) in [5.74, 6) is 0.881. The summed E-state index contributed by atoms with van der Waals surface area (Å²) in [6.45, 7) is 5.53. The van der Waals surface area contributed by atoms with Gasteiger partial charge in [0, 0.05) is 44.5 Å². The zero-order valence-corrected chi connectivity index (χ0v) is 21.7. The second kappa shape index (κ2) is 7.52. The van der Waals surface area contributed by atoms with Crippen LogP contribution in [0.25, 0.3) is 54.9 Å². The Kier molecular flexibility index (Phi) is 4.27. The third-order valence-corrected chi connectivity index (χ3v) is 8.54. The van der Waals surface area contributed by atoms with Crippen molar-refractivity contribution < 1.29 is 9.15 Å². The van der Waals surface area contributed by atoms with E-state index in [-0.39, 0.29) is 5.41 Å². The van der Waals surface area contributed by atoms with Crippen molar-refractivity contribution in [2.24, 2.45) is 0 Å². The van der Waals surface area contributed by atoms with Crippen molar-refractivity contribution in [3.8, 4) is 16.9 Å². The quantitative estimate of drug-likeness (QED) is 0.245. The molecule has 3 heteroatoms. The van der Waals surface area contributed by atoms with E-state index in [0.717, 1.165) is 23.5 Å². The highest BCUT2D eigenvalue weighted by atomic mass is 16.5. The summed E-state index contributed by atoms with van der Waals surface area (Å²) in [5.41, 5.74) is 10.9. The maximum absolute atomic E-state index is 6.30. The summed E-state index contributed by atoms with van der Waals surface area (Å²) in [6.07, 6.45) is 0. The molecule has 0 saturated carbocycles. The molecule has 7 aromatic rings. The van der Waals surface area contributed by atoms with Crippen LogP contribution in [0.3, 0.4) is 0 Å². The molecule has 0 fully saturated rings. The lowest BCUT2D eigenvalue weighted by Gasteiger charge is -2.22. The molecule has 2 aromatic heterocycles. The molecule has 5 aromatic carbocycles. The predicted molar refractivity (Wildman–Crippen MR) is 156 cm³/mol. The van der Waals surface area contributed by atoms with Gasteiger partial charge in [-0.25, -0.2) is 0 Å². The molecule has 0 spiro atoms. The SMILES string of the molecule is COc1ccc(Cn2c3ccccc3c3c4c(ccc32)-c2cc3c(cc2C4(C)C)oc2ccccc23)cc1. The first kappa shape index (κ1) is 21.6. The summed E-state index contributed by atoms with van der Waals surface area (Å²) < 4.78 is 14.1. The van der Waals surface area contributed by atoms with Crippen LogP contribution in [-0.2, 0) is 12.0 Å². The molecule has 0 N–H and O–H groups in total. The fourth-order valence-electron chi connectivity index (χ4n) is 6.74. The highest BCUT2D eigenvalue weighted by Gasteiger charge is 2.39. The van der Waals surface area contributed by atoms with Gasteiger partial charge in [-0.15, -0.1) is 0 Å². The van der Waals surface area contributed by atoms with Crippen LogP contribution in [0.4, 0.5) is 0 Å². The van der Waals surface area contributed by atoms with Gasteiger partial charge in [0.2, 0.25) is 0 Å². The normalized spacial score (nSPS) is 14.0. The first-order valence-electron chi connectivity index (χ1n) is 13.2. The maximum atomic E-state index is 6.30. The van der Waals surface area contributed by atoms with Crippen molar-refractivity contribution in [2.75, 3.05) is 7.11 Å². The van der Waals surface area contributed by atoms with Crippen molar-refractivity contribution in [2.45, 2.75) is 25.8 Å².